The van der Waals surface area contributed by atoms with Gasteiger partial charge in [0.05, 0.1) is 39.2 Å². The summed E-state index contributed by atoms with van der Waals surface area (Å²) < 4.78 is 21.9. The zero-order valence-corrected chi connectivity index (χ0v) is 20.7. The molecule has 0 bridgehead atoms. The highest BCUT2D eigenvalue weighted by Gasteiger charge is 2.18. The summed E-state index contributed by atoms with van der Waals surface area (Å²) in [5, 5.41) is 6.45. The van der Waals surface area contributed by atoms with Crippen molar-refractivity contribution in [2.45, 2.75) is 13.3 Å². The zero-order valence-electron chi connectivity index (χ0n) is 20.7. The average Bonchev–Trinajstić information content (AvgIpc) is 2.91. The van der Waals surface area contributed by atoms with E-state index < -0.39 is 11.8 Å². The van der Waals surface area contributed by atoms with Gasteiger partial charge in [0.25, 0.3) is 5.91 Å². The van der Waals surface area contributed by atoms with E-state index >= 15 is 0 Å². The zero-order chi connectivity index (χ0) is 25.6. The second-order valence-corrected chi connectivity index (χ2v) is 8.18. The number of carbonyl (C=O) groups is 3. The van der Waals surface area contributed by atoms with Crippen molar-refractivity contribution in [3.05, 3.63) is 23.8 Å². The fraction of sp³-hybridized carbons (Fsp3) is 0.583. The number of rotatable bonds is 11. The number of morpholine rings is 2. The van der Waals surface area contributed by atoms with Crippen LogP contribution in [0, 0.1) is 0 Å². The van der Waals surface area contributed by atoms with Crippen LogP contribution in [0.25, 0.3) is 0 Å². The van der Waals surface area contributed by atoms with Crippen molar-refractivity contribution in [3.8, 4) is 11.5 Å². The lowest BCUT2D eigenvalue weighted by molar-refractivity contribution is -0.139. The van der Waals surface area contributed by atoms with E-state index in [1.165, 1.54) is 6.21 Å². The molecule has 12 heteroatoms. The van der Waals surface area contributed by atoms with Gasteiger partial charge in [-0.15, -0.1) is 0 Å². The normalized spacial score (nSPS) is 16.5. The van der Waals surface area contributed by atoms with Crippen LogP contribution in [0.2, 0.25) is 0 Å². The van der Waals surface area contributed by atoms with Crippen molar-refractivity contribution in [2.24, 2.45) is 5.10 Å². The van der Waals surface area contributed by atoms with Crippen LogP contribution in [-0.4, -0.2) is 113 Å². The van der Waals surface area contributed by atoms with Crippen molar-refractivity contribution in [2.75, 3.05) is 78.9 Å². The second kappa shape index (κ2) is 15.0. The molecule has 1 aromatic rings. The second-order valence-electron chi connectivity index (χ2n) is 8.18. The van der Waals surface area contributed by atoms with Crippen LogP contribution >= 0.6 is 0 Å². The van der Waals surface area contributed by atoms with Crippen molar-refractivity contribution in [1.82, 2.24) is 20.5 Å². The summed E-state index contributed by atoms with van der Waals surface area (Å²) >= 11 is 0. The Morgan fingerprint density at radius 1 is 1.00 bits per heavy atom. The van der Waals surface area contributed by atoms with Gasteiger partial charge in [0.1, 0.15) is 0 Å². The highest BCUT2D eigenvalue weighted by molar-refractivity contribution is 6.35. The first-order chi connectivity index (χ1) is 17.6. The number of ether oxygens (including phenoxy) is 4. The maximum atomic E-state index is 12.3. The monoisotopic (exact) mass is 505 g/mol. The van der Waals surface area contributed by atoms with Gasteiger partial charge in [-0.2, -0.15) is 5.10 Å². The molecule has 0 aromatic heterocycles. The molecular formula is C24H35N5O7. The quantitative estimate of drug-likeness (QED) is 0.180. The third-order valence-corrected chi connectivity index (χ3v) is 5.61. The molecule has 2 fully saturated rings. The maximum absolute atomic E-state index is 12.3. The van der Waals surface area contributed by atoms with Crippen molar-refractivity contribution >= 4 is 23.9 Å². The minimum absolute atomic E-state index is 0.106. The van der Waals surface area contributed by atoms with Gasteiger partial charge in [-0.25, -0.2) is 5.43 Å². The summed E-state index contributed by atoms with van der Waals surface area (Å²) in [6, 6.07) is 5.06. The Kier molecular flexibility index (Phi) is 11.4. The SMILES string of the molecule is CCOc1cc(/C=N\NC(=O)C(=O)NCCCN2CCOCC2)ccc1OCC(=O)N1CCOCC1. The molecule has 0 saturated carbocycles. The first kappa shape index (κ1) is 27.4. The first-order valence-corrected chi connectivity index (χ1v) is 12.2. The topological polar surface area (TPSA) is 131 Å². The van der Waals surface area contributed by atoms with E-state index in [9.17, 15) is 14.4 Å². The Morgan fingerprint density at radius 3 is 2.44 bits per heavy atom. The molecule has 2 heterocycles. The van der Waals surface area contributed by atoms with Crippen molar-refractivity contribution < 1.29 is 33.3 Å². The summed E-state index contributed by atoms with van der Waals surface area (Å²) in [5.74, 6) is -0.827. The van der Waals surface area contributed by atoms with Crippen LogP contribution in [0.3, 0.4) is 0 Å². The Hall–Kier alpha value is -3.22. The minimum Gasteiger partial charge on any atom is -0.490 e. The summed E-state index contributed by atoms with van der Waals surface area (Å²) in [5.41, 5.74) is 2.84. The number of nitrogens with one attached hydrogen (secondary N) is 2. The molecule has 3 amide bonds. The predicted molar refractivity (Wildman–Crippen MR) is 131 cm³/mol. The van der Waals surface area contributed by atoms with Gasteiger partial charge in [0.15, 0.2) is 18.1 Å². The molecule has 0 atom stereocenters. The summed E-state index contributed by atoms with van der Waals surface area (Å²) in [4.78, 5) is 40.2. The molecule has 12 nitrogen and oxygen atoms in total. The van der Waals surface area contributed by atoms with Gasteiger partial charge in [-0.1, -0.05) is 0 Å². The fourth-order valence-electron chi connectivity index (χ4n) is 3.66. The Morgan fingerprint density at radius 2 is 1.72 bits per heavy atom. The van der Waals surface area contributed by atoms with Crippen molar-refractivity contribution in [1.29, 1.82) is 0 Å². The average molecular weight is 506 g/mol. The molecule has 2 aliphatic rings. The van der Waals surface area contributed by atoms with Gasteiger partial charge in [0, 0.05) is 32.7 Å². The Labute approximate surface area is 210 Å². The number of hydrazone groups is 1. The summed E-state index contributed by atoms with van der Waals surface area (Å²) in [7, 11) is 0. The number of amides is 3. The Balaban J connectivity index is 1.42. The standard InChI is InChI=1S/C24H35N5O7/c1-2-35-21-16-19(4-5-20(21)36-18-22(30)29-10-14-34-15-11-29)17-26-27-24(32)23(31)25-6-3-7-28-8-12-33-13-9-28/h4-5,16-17H,2-3,6-15,18H2,1H3,(H,25,31)(H,27,32)/b26-17-. The van der Waals surface area contributed by atoms with Crippen molar-refractivity contribution in [3.63, 3.8) is 0 Å². The lowest BCUT2D eigenvalue weighted by Gasteiger charge is -2.26. The van der Waals surface area contributed by atoms with Gasteiger partial charge in [-0.05, 0) is 43.7 Å². The number of hydrogen-bond donors (Lipinski definition) is 2. The Bertz CT molecular complexity index is 899. The van der Waals surface area contributed by atoms with E-state index in [0.717, 1.165) is 39.3 Å². The molecule has 2 N–H and O–H groups in total. The smallest absolute Gasteiger partial charge is 0.329 e. The van der Waals surface area contributed by atoms with Crippen LogP contribution in [0.5, 0.6) is 11.5 Å². The highest BCUT2D eigenvalue weighted by Crippen LogP contribution is 2.28. The lowest BCUT2D eigenvalue weighted by Crippen LogP contribution is -2.43. The third-order valence-electron chi connectivity index (χ3n) is 5.61. The molecule has 2 saturated heterocycles. The fourth-order valence-corrected chi connectivity index (χ4v) is 3.66. The molecule has 1 aromatic carbocycles. The molecule has 0 aliphatic carbocycles. The molecule has 198 valence electrons. The largest absolute Gasteiger partial charge is 0.490 e. The molecule has 3 rings (SSSR count). The van der Waals surface area contributed by atoms with Gasteiger partial charge >= 0.3 is 11.8 Å². The van der Waals surface area contributed by atoms with Gasteiger partial charge in [0.2, 0.25) is 0 Å². The molecule has 0 radical (unpaired) electrons. The lowest BCUT2D eigenvalue weighted by atomic mass is 10.2. The summed E-state index contributed by atoms with van der Waals surface area (Å²) in [6.07, 6.45) is 2.14. The number of nitrogens with zero attached hydrogens (tertiary/aromatic N) is 3. The summed E-state index contributed by atoms with van der Waals surface area (Å²) in [6.45, 7) is 8.74. The predicted octanol–water partition coefficient (Wildman–Crippen LogP) is -0.388. The molecule has 0 unspecified atom stereocenters. The minimum atomic E-state index is -0.843. The molecule has 2 aliphatic heterocycles. The molecular weight excluding hydrogens is 470 g/mol. The van der Waals surface area contributed by atoms with Crippen LogP contribution in [0.1, 0.15) is 18.9 Å². The van der Waals surface area contributed by atoms with E-state index in [4.69, 9.17) is 18.9 Å². The van der Waals surface area contributed by atoms with Crippen LogP contribution in [0.15, 0.2) is 23.3 Å². The number of benzene rings is 1. The van der Waals surface area contributed by atoms with Crippen LogP contribution < -0.4 is 20.2 Å². The number of hydrogen-bond acceptors (Lipinski definition) is 9. The van der Waals surface area contributed by atoms with E-state index in [2.05, 4.69) is 20.7 Å². The third kappa shape index (κ3) is 9.10. The van der Waals surface area contributed by atoms with E-state index in [1.54, 1.807) is 23.1 Å². The van der Waals surface area contributed by atoms with Gasteiger partial charge in [-0.3, -0.25) is 19.3 Å². The van der Waals surface area contributed by atoms with E-state index in [1.807, 2.05) is 6.92 Å². The number of carbonyl (C=O) groups excluding carboxylic acids is 3. The maximum Gasteiger partial charge on any atom is 0.329 e. The van der Waals surface area contributed by atoms with Crippen LogP contribution in [0.4, 0.5) is 0 Å². The highest BCUT2D eigenvalue weighted by atomic mass is 16.5. The molecule has 0 spiro atoms. The van der Waals surface area contributed by atoms with E-state index in [0.29, 0.717) is 56.5 Å². The van der Waals surface area contributed by atoms with Crippen LogP contribution in [-0.2, 0) is 23.9 Å². The molecule has 36 heavy (non-hydrogen) atoms. The van der Waals surface area contributed by atoms with Gasteiger partial charge < -0.3 is 29.2 Å². The first-order valence-electron chi connectivity index (χ1n) is 12.2. The van der Waals surface area contributed by atoms with E-state index in [-0.39, 0.29) is 12.5 Å².